The lowest BCUT2D eigenvalue weighted by Crippen LogP contribution is -2.75. The molecule has 0 spiro atoms. The highest BCUT2D eigenvalue weighted by atomic mass is 29.6. The highest BCUT2D eigenvalue weighted by molar-refractivity contribution is 7.56. The minimum absolute atomic E-state index is 0.0104. The molecule has 2 nitrogen and oxygen atoms in total. The summed E-state index contributed by atoms with van der Waals surface area (Å²) in [5.74, 6) is 0. The van der Waals surface area contributed by atoms with Crippen LogP contribution in [0, 0.1) is 0 Å². The van der Waals surface area contributed by atoms with Crippen LogP contribution in [0.5, 0.6) is 0 Å². The van der Waals surface area contributed by atoms with Gasteiger partial charge in [0, 0.05) is 8.31 Å². The van der Waals surface area contributed by atoms with Crippen LogP contribution in [0.25, 0.3) is 0 Å². The molecule has 112 valence electrons. The van der Waals surface area contributed by atoms with E-state index in [1.165, 1.54) is 11.2 Å². The Kier molecular flexibility index (Phi) is 4.93. The molecular formula is C14H28O2Si4. The zero-order valence-electron chi connectivity index (χ0n) is 13.6. The molecule has 1 fully saturated rings. The molecule has 6 heteroatoms. The average Bonchev–Trinajstić information content (AvgIpc) is 2.35. The van der Waals surface area contributed by atoms with Gasteiger partial charge in [-0.05, 0) is 38.2 Å². The summed E-state index contributed by atoms with van der Waals surface area (Å²) in [7, 11) is -4.90. The molecule has 1 aliphatic rings. The SMILES string of the molecule is C[SiH](C)O[Si]1(c2ccccc2)OC(C)(C)C[SiH](C)[SiH]1C. The Labute approximate surface area is 129 Å². The molecule has 2 rings (SSSR count). The van der Waals surface area contributed by atoms with E-state index in [4.69, 9.17) is 8.54 Å². The quantitative estimate of drug-likeness (QED) is 0.784. The van der Waals surface area contributed by atoms with E-state index in [0.717, 1.165) is 0 Å². The van der Waals surface area contributed by atoms with Crippen molar-refractivity contribution in [2.24, 2.45) is 0 Å². The van der Waals surface area contributed by atoms with Gasteiger partial charge in [0.1, 0.15) is 0 Å². The monoisotopic (exact) mass is 340 g/mol. The van der Waals surface area contributed by atoms with E-state index in [-0.39, 0.29) is 5.60 Å². The second-order valence-corrected chi connectivity index (χ2v) is 29.6. The van der Waals surface area contributed by atoms with Gasteiger partial charge >= 0.3 is 8.08 Å². The Morgan fingerprint density at radius 1 is 1.20 bits per heavy atom. The van der Waals surface area contributed by atoms with Gasteiger partial charge in [-0.25, -0.2) is 0 Å². The van der Waals surface area contributed by atoms with Gasteiger partial charge in [0.25, 0.3) is 0 Å². The summed E-state index contributed by atoms with van der Waals surface area (Å²) in [6.45, 7) is 14.2. The molecular weight excluding hydrogens is 312 g/mol. The van der Waals surface area contributed by atoms with Gasteiger partial charge in [-0.2, -0.15) is 0 Å². The summed E-state index contributed by atoms with van der Waals surface area (Å²) < 4.78 is 13.5. The van der Waals surface area contributed by atoms with Crippen molar-refractivity contribution in [2.45, 2.75) is 51.7 Å². The van der Waals surface area contributed by atoms with Crippen molar-refractivity contribution in [3.05, 3.63) is 30.3 Å². The van der Waals surface area contributed by atoms with Crippen molar-refractivity contribution in [3.63, 3.8) is 0 Å². The average molecular weight is 341 g/mol. The Morgan fingerprint density at radius 3 is 2.35 bits per heavy atom. The van der Waals surface area contributed by atoms with Crippen LogP contribution in [-0.2, 0) is 8.54 Å². The fraction of sp³-hybridized carbons (Fsp3) is 0.571. The van der Waals surface area contributed by atoms with E-state index in [0.29, 0.717) is 0 Å². The maximum absolute atomic E-state index is 6.79. The summed E-state index contributed by atoms with van der Waals surface area (Å²) >= 11 is 0. The molecule has 3 atom stereocenters. The standard InChI is InChI=1S/C14H28O2Si4/c1-14(2)12-18(5)19(6)20(15-14,16-17(3)4)13-10-8-7-9-11-13/h7-11,17-19H,12H2,1-6H3. The van der Waals surface area contributed by atoms with Crippen LogP contribution in [0.1, 0.15) is 13.8 Å². The second kappa shape index (κ2) is 6.02. The van der Waals surface area contributed by atoms with Crippen LogP contribution in [0.3, 0.4) is 0 Å². The Hall–Kier alpha value is 0.00753. The minimum atomic E-state index is -2.16. The van der Waals surface area contributed by atoms with Gasteiger partial charge in [-0.1, -0.05) is 43.4 Å². The van der Waals surface area contributed by atoms with Crippen LogP contribution in [0.4, 0.5) is 0 Å². The molecule has 1 saturated heterocycles. The number of hydrogen-bond acceptors (Lipinski definition) is 2. The van der Waals surface area contributed by atoms with Gasteiger partial charge in [-0.15, -0.1) is 0 Å². The van der Waals surface area contributed by atoms with Crippen LogP contribution in [-0.4, -0.2) is 38.9 Å². The van der Waals surface area contributed by atoms with Crippen LogP contribution < -0.4 is 5.19 Å². The first kappa shape index (κ1) is 16.4. The van der Waals surface area contributed by atoms with Crippen LogP contribution >= 0.6 is 0 Å². The van der Waals surface area contributed by atoms with Crippen molar-refractivity contribution >= 4 is 38.5 Å². The zero-order chi connectivity index (χ0) is 15.0. The van der Waals surface area contributed by atoms with Crippen LogP contribution in [0.2, 0.25) is 32.2 Å². The normalized spacial score (nSPS) is 33.4. The van der Waals surface area contributed by atoms with Gasteiger partial charge < -0.3 is 8.54 Å². The maximum atomic E-state index is 6.79. The van der Waals surface area contributed by atoms with Crippen molar-refractivity contribution < 1.29 is 8.54 Å². The summed E-state index contributed by atoms with van der Waals surface area (Å²) in [5.41, 5.74) is 0.0104. The molecule has 0 N–H and O–H groups in total. The summed E-state index contributed by atoms with van der Waals surface area (Å²) in [4.78, 5) is 0. The van der Waals surface area contributed by atoms with Gasteiger partial charge in [0.2, 0.25) is 0 Å². The number of benzene rings is 1. The maximum Gasteiger partial charge on any atom is 0.332 e. The van der Waals surface area contributed by atoms with E-state index < -0.39 is 33.3 Å². The second-order valence-electron chi connectivity index (χ2n) is 7.03. The van der Waals surface area contributed by atoms with Gasteiger partial charge in [-0.3, -0.25) is 0 Å². The van der Waals surface area contributed by atoms with Crippen molar-refractivity contribution in [1.82, 2.24) is 0 Å². The van der Waals surface area contributed by atoms with Gasteiger partial charge in [0.05, 0.1) is 13.4 Å². The highest BCUT2D eigenvalue weighted by Gasteiger charge is 2.55. The zero-order valence-corrected chi connectivity index (χ0v) is 18.1. The molecule has 0 amide bonds. The third-order valence-electron chi connectivity index (χ3n) is 4.28. The Bertz CT molecular complexity index is 452. The first-order valence-corrected chi connectivity index (χ1v) is 19.9. The van der Waals surface area contributed by atoms with Crippen molar-refractivity contribution in [1.29, 1.82) is 0 Å². The Morgan fingerprint density at radius 2 is 1.80 bits per heavy atom. The third kappa shape index (κ3) is 3.25. The summed E-state index contributed by atoms with van der Waals surface area (Å²) in [6.07, 6.45) is 0. The van der Waals surface area contributed by atoms with Crippen LogP contribution in [0.15, 0.2) is 30.3 Å². The minimum Gasteiger partial charge on any atom is -0.438 e. The molecule has 0 bridgehead atoms. The topological polar surface area (TPSA) is 18.5 Å². The molecule has 0 aliphatic carbocycles. The first-order valence-electron chi connectivity index (χ1n) is 7.70. The lowest BCUT2D eigenvalue weighted by molar-refractivity contribution is 0.101. The van der Waals surface area contributed by atoms with Gasteiger partial charge in [0.15, 0.2) is 9.04 Å². The van der Waals surface area contributed by atoms with E-state index in [1.54, 1.807) is 0 Å². The molecule has 1 aromatic rings. The third-order valence-corrected chi connectivity index (χ3v) is 35.2. The van der Waals surface area contributed by atoms with Crippen molar-refractivity contribution in [2.75, 3.05) is 0 Å². The number of hydrogen-bond donors (Lipinski definition) is 0. The lowest BCUT2D eigenvalue weighted by atomic mass is 10.2. The molecule has 3 unspecified atom stereocenters. The summed E-state index contributed by atoms with van der Waals surface area (Å²) in [5, 5.41) is 1.40. The molecule has 0 saturated carbocycles. The fourth-order valence-electron chi connectivity index (χ4n) is 3.41. The summed E-state index contributed by atoms with van der Waals surface area (Å²) in [6, 6.07) is 12.2. The molecule has 20 heavy (non-hydrogen) atoms. The molecule has 1 heterocycles. The molecule has 0 radical (unpaired) electrons. The van der Waals surface area contributed by atoms with E-state index in [1.807, 2.05) is 0 Å². The first-order chi connectivity index (χ1) is 9.27. The smallest absolute Gasteiger partial charge is 0.332 e. The predicted octanol–water partition coefficient (Wildman–Crippen LogP) is 2.02. The predicted molar refractivity (Wildman–Crippen MR) is 97.8 cm³/mol. The molecule has 0 aromatic heterocycles. The van der Waals surface area contributed by atoms with E-state index in [9.17, 15) is 0 Å². The van der Waals surface area contributed by atoms with E-state index >= 15 is 0 Å². The molecule has 1 aliphatic heterocycles. The van der Waals surface area contributed by atoms with E-state index in [2.05, 4.69) is 70.4 Å². The largest absolute Gasteiger partial charge is 0.438 e. The van der Waals surface area contributed by atoms with Crippen molar-refractivity contribution in [3.8, 4) is 0 Å². The Balaban J connectivity index is 2.50. The fourth-order valence-corrected chi connectivity index (χ4v) is 38.4. The lowest BCUT2D eigenvalue weighted by Gasteiger charge is -2.50. The number of rotatable bonds is 3. The molecule has 1 aromatic carbocycles. The highest BCUT2D eigenvalue weighted by Crippen LogP contribution is 2.33.